The van der Waals surface area contributed by atoms with Crippen LogP contribution in [0.2, 0.25) is 0 Å². The Balaban J connectivity index is 2.01. The number of esters is 1. The normalized spacial score (nSPS) is 11.0. The van der Waals surface area contributed by atoms with E-state index in [1.165, 1.54) is 0 Å². The Labute approximate surface area is 128 Å². The molecule has 0 atom stereocenters. The minimum absolute atomic E-state index is 0.222. The maximum atomic E-state index is 11.9. The minimum atomic E-state index is -0.996. The lowest BCUT2D eigenvalue weighted by atomic mass is 10.1. The average molecular weight is 296 g/mol. The summed E-state index contributed by atoms with van der Waals surface area (Å²) in [6.07, 6.45) is 1.13. The van der Waals surface area contributed by atoms with Crippen molar-refractivity contribution in [3.8, 4) is 0 Å². The van der Waals surface area contributed by atoms with E-state index < -0.39 is 11.9 Å². The minimum Gasteiger partial charge on any atom is -0.478 e. The fraction of sp³-hybridized carbons (Fsp3) is 0.111. The molecular weight excluding hydrogens is 280 g/mol. The predicted molar refractivity (Wildman–Crippen MR) is 83.3 cm³/mol. The van der Waals surface area contributed by atoms with E-state index in [1.54, 1.807) is 31.2 Å². The Kier molecular flexibility index (Phi) is 5.09. The van der Waals surface area contributed by atoms with E-state index in [4.69, 9.17) is 9.84 Å². The summed E-state index contributed by atoms with van der Waals surface area (Å²) in [5, 5.41) is 8.72. The Bertz CT molecular complexity index is 685. The van der Waals surface area contributed by atoms with Crippen molar-refractivity contribution >= 4 is 17.5 Å². The van der Waals surface area contributed by atoms with Crippen LogP contribution in [0.4, 0.5) is 0 Å². The summed E-state index contributed by atoms with van der Waals surface area (Å²) in [4.78, 5) is 22.6. The van der Waals surface area contributed by atoms with Crippen molar-refractivity contribution in [1.29, 1.82) is 0 Å². The Morgan fingerprint density at radius 2 is 1.59 bits per heavy atom. The molecule has 0 amide bonds. The van der Waals surface area contributed by atoms with Crippen molar-refractivity contribution in [3.05, 3.63) is 77.4 Å². The average Bonchev–Trinajstić information content (AvgIpc) is 2.53. The second-order valence-electron chi connectivity index (χ2n) is 4.80. The molecule has 0 radical (unpaired) electrons. The number of allylic oxidation sites excluding steroid dienone is 1. The molecule has 2 aromatic rings. The zero-order valence-electron chi connectivity index (χ0n) is 12.2. The first-order valence-electron chi connectivity index (χ1n) is 6.79. The van der Waals surface area contributed by atoms with Crippen LogP contribution in [-0.2, 0) is 16.1 Å². The highest BCUT2D eigenvalue weighted by Gasteiger charge is 2.08. The first kappa shape index (κ1) is 15.5. The van der Waals surface area contributed by atoms with Gasteiger partial charge >= 0.3 is 11.9 Å². The molecule has 2 rings (SSSR count). The summed E-state index contributed by atoms with van der Waals surface area (Å²) >= 11 is 0. The lowest BCUT2D eigenvalue weighted by Gasteiger charge is -2.06. The zero-order chi connectivity index (χ0) is 15.9. The SMILES string of the molecule is C/C(=C\C(=O)O)c1ccc(C(=O)OCc2ccccc2)cc1. The second kappa shape index (κ2) is 7.22. The van der Waals surface area contributed by atoms with E-state index in [-0.39, 0.29) is 6.61 Å². The van der Waals surface area contributed by atoms with Crippen molar-refractivity contribution in [2.24, 2.45) is 0 Å². The molecule has 22 heavy (non-hydrogen) atoms. The summed E-state index contributed by atoms with van der Waals surface area (Å²) in [6, 6.07) is 16.1. The lowest BCUT2D eigenvalue weighted by molar-refractivity contribution is -0.131. The Morgan fingerprint density at radius 1 is 1.00 bits per heavy atom. The summed E-state index contributed by atoms with van der Waals surface area (Å²) < 4.78 is 5.23. The van der Waals surface area contributed by atoms with Gasteiger partial charge in [0.25, 0.3) is 0 Å². The molecule has 0 saturated carbocycles. The number of carboxylic acid groups (broad SMARTS) is 1. The molecule has 4 heteroatoms. The third-order valence-corrected chi connectivity index (χ3v) is 3.13. The molecule has 0 fully saturated rings. The first-order chi connectivity index (χ1) is 10.6. The van der Waals surface area contributed by atoms with Crippen LogP contribution in [0.3, 0.4) is 0 Å². The van der Waals surface area contributed by atoms with Gasteiger partial charge in [-0.1, -0.05) is 42.5 Å². The monoisotopic (exact) mass is 296 g/mol. The van der Waals surface area contributed by atoms with Crippen LogP contribution in [0.15, 0.2) is 60.7 Å². The van der Waals surface area contributed by atoms with Crippen LogP contribution in [0.5, 0.6) is 0 Å². The van der Waals surface area contributed by atoms with Gasteiger partial charge in [0.15, 0.2) is 0 Å². The largest absolute Gasteiger partial charge is 0.478 e. The van der Waals surface area contributed by atoms with Crippen molar-refractivity contribution in [2.75, 3.05) is 0 Å². The fourth-order valence-electron chi connectivity index (χ4n) is 1.94. The smallest absolute Gasteiger partial charge is 0.338 e. The number of aliphatic carboxylic acids is 1. The number of hydrogen-bond donors (Lipinski definition) is 1. The molecule has 112 valence electrons. The summed E-state index contributed by atoms with van der Waals surface area (Å²) in [5.41, 5.74) is 2.73. The summed E-state index contributed by atoms with van der Waals surface area (Å²) in [5.74, 6) is -1.40. The van der Waals surface area contributed by atoms with Crippen molar-refractivity contribution in [2.45, 2.75) is 13.5 Å². The van der Waals surface area contributed by atoms with E-state index in [1.807, 2.05) is 30.3 Å². The highest BCUT2D eigenvalue weighted by molar-refractivity contribution is 5.91. The number of carboxylic acids is 1. The number of hydrogen-bond acceptors (Lipinski definition) is 3. The van der Waals surface area contributed by atoms with Crippen LogP contribution in [-0.4, -0.2) is 17.0 Å². The standard InChI is InChI=1S/C18H16O4/c1-13(11-17(19)20)15-7-9-16(10-8-15)18(21)22-12-14-5-3-2-4-6-14/h2-11H,12H2,1H3,(H,19,20)/b13-11+. The Hall–Kier alpha value is -2.88. The maximum Gasteiger partial charge on any atom is 0.338 e. The number of carbonyl (C=O) groups is 2. The molecule has 0 saturated heterocycles. The molecule has 0 unspecified atom stereocenters. The molecule has 0 aromatic heterocycles. The third kappa shape index (κ3) is 4.31. The van der Waals surface area contributed by atoms with Gasteiger partial charge in [-0.05, 0) is 35.8 Å². The number of benzene rings is 2. The fourth-order valence-corrected chi connectivity index (χ4v) is 1.94. The molecule has 1 N–H and O–H groups in total. The van der Waals surface area contributed by atoms with E-state index in [9.17, 15) is 9.59 Å². The molecule has 0 heterocycles. The quantitative estimate of drug-likeness (QED) is 0.677. The summed E-state index contributed by atoms with van der Waals surface area (Å²) in [7, 11) is 0. The van der Waals surface area contributed by atoms with E-state index in [0.29, 0.717) is 11.1 Å². The highest BCUT2D eigenvalue weighted by Crippen LogP contribution is 2.15. The van der Waals surface area contributed by atoms with Crippen LogP contribution in [0, 0.1) is 0 Å². The van der Waals surface area contributed by atoms with E-state index >= 15 is 0 Å². The predicted octanol–water partition coefficient (Wildman–Crippen LogP) is 3.53. The van der Waals surface area contributed by atoms with Crippen molar-refractivity contribution in [1.82, 2.24) is 0 Å². The van der Waals surface area contributed by atoms with E-state index in [2.05, 4.69) is 0 Å². The molecule has 0 aliphatic heterocycles. The Morgan fingerprint density at radius 3 is 2.18 bits per heavy atom. The van der Waals surface area contributed by atoms with Crippen LogP contribution >= 0.6 is 0 Å². The number of rotatable bonds is 5. The van der Waals surface area contributed by atoms with Gasteiger partial charge in [0.05, 0.1) is 5.56 Å². The van der Waals surface area contributed by atoms with Crippen LogP contribution in [0.1, 0.15) is 28.4 Å². The van der Waals surface area contributed by atoms with Crippen molar-refractivity contribution in [3.63, 3.8) is 0 Å². The second-order valence-corrected chi connectivity index (χ2v) is 4.80. The topological polar surface area (TPSA) is 63.6 Å². The van der Waals surface area contributed by atoms with Gasteiger partial charge in [-0.15, -0.1) is 0 Å². The van der Waals surface area contributed by atoms with Crippen LogP contribution in [0.25, 0.3) is 5.57 Å². The van der Waals surface area contributed by atoms with E-state index in [0.717, 1.165) is 17.2 Å². The first-order valence-corrected chi connectivity index (χ1v) is 6.79. The maximum absolute atomic E-state index is 11.9. The van der Waals surface area contributed by atoms with Gasteiger partial charge in [-0.2, -0.15) is 0 Å². The molecule has 0 aliphatic rings. The third-order valence-electron chi connectivity index (χ3n) is 3.13. The molecule has 0 aliphatic carbocycles. The zero-order valence-corrected chi connectivity index (χ0v) is 12.2. The molecule has 2 aromatic carbocycles. The molecular formula is C18H16O4. The molecule has 0 bridgehead atoms. The van der Waals surface area contributed by atoms with Gasteiger partial charge in [0, 0.05) is 6.08 Å². The number of ether oxygens (including phenoxy) is 1. The van der Waals surface area contributed by atoms with Gasteiger partial charge in [-0.25, -0.2) is 9.59 Å². The van der Waals surface area contributed by atoms with Gasteiger partial charge in [-0.3, -0.25) is 0 Å². The van der Waals surface area contributed by atoms with Gasteiger partial charge < -0.3 is 9.84 Å². The summed E-state index contributed by atoms with van der Waals surface area (Å²) in [6.45, 7) is 1.93. The van der Waals surface area contributed by atoms with Crippen molar-refractivity contribution < 1.29 is 19.4 Å². The molecule has 4 nitrogen and oxygen atoms in total. The highest BCUT2D eigenvalue weighted by atomic mass is 16.5. The molecule has 0 spiro atoms. The van der Waals surface area contributed by atoms with Crippen LogP contribution < -0.4 is 0 Å². The van der Waals surface area contributed by atoms with Gasteiger partial charge in [0.2, 0.25) is 0 Å². The van der Waals surface area contributed by atoms with Gasteiger partial charge in [0.1, 0.15) is 6.61 Å². The number of carbonyl (C=O) groups excluding carboxylic acids is 1. The lowest BCUT2D eigenvalue weighted by Crippen LogP contribution is -2.05.